The summed E-state index contributed by atoms with van der Waals surface area (Å²) in [5.41, 5.74) is -2.67. The number of carboxylic acids is 3. The number of amides is 1. The van der Waals surface area contributed by atoms with Crippen LogP contribution in [0.2, 0.25) is 0 Å². The van der Waals surface area contributed by atoms with Gasteiger partial charge in [0, 0.05) is 12.8 Å². The molecule has 212 valence electrons. The molecule has 1 unspecified atom stereocenters. The first kappa shape index (κ1) is 32.1. The molecule has 5 N–H and O–H groups in total. The van der Waals surface area contributed by atoms with Crippen LogP contribution in [0, 0.1) is 11.8 Å². The number of rotatable bonds is 11. The normalized spacial score (nSPS) is 18.6. The molecule has 1 aromatic carbocycles. The van der Waals surface area contributed by atoms with Crippen LogP contribution < -0.4 is 20.1 Å². The van der Waals surface area contributed by atoms with E-state index in [9.17, 15) is 37.5 Å². The number of hydrogen-bond acceptors (Lipinski definition) is 8. The van der Waals surface area contributed by atoms with E-state index in [0.29, 0.717) is 18.8 Å². The van der Waals surface area contributed by atoms with E-state index in [1.807, 2.05) is 7.05 Å². The fourth-order valence-corrected chi connectivity index (χ4v) is 3.58. The highest BCUT2D eigenvalue weighted by Crippen LogP contribution is 2.32. The Balaban J connectivity index is 0.000000905. The van der Waals surface area contributed by atoms with Crippen LogP contribution >= 0.6 is 0 Å². The van der Waals surface area contributed by atoms with Crippen LogP contribution in [0.25, 0.3) is 0 Å². The summed E-state index contributed by atoms with van der Waals surface area (Å²) in [6.45, 7) is 1.15. The van der Waals surface area contributed by atoms with E-state index in [0.717, 1.165) is 26.3 Å². The quantitative estimate of drug-likeness (QED) is 0.199. The molecule has 0 aliphatic heterocycles. The molecule has 0 radical (unpaired) electrons. The summed E-state index contributed by atoms with van der Waals surface area (Å²) in [6.07, 6.45) is -2.31. The monoisotopic (exact) mass is 550 g/mol. The van der Waals surface area contributed by atoms with E-state index in [2.05, 4.69) is 10.6 Å². The number of ether oxygens (including phenoxy) is 2. The molecule has 0 saturated heterocycles. The molecule has 1 atom stereocenters. The maximum atomic E-state index is 12.8. The van der Waals surface area contributed by atoms with Crippen LogP contribution in [-0.4, -0.2) is 77.0 Å². The summed E-state index contributed by atoms with van der Waals surface area (Å²) in [5, 5.41) is 31.2. The van der Waals surface area contributed by atoms with Gasteiger partial charge in [-0.3, -0.25) is 9.59 Å². The zero-order valence-corrected chi connectivity index (χ0v) is 20.5. The predicted octanol–water partition coefficient (Wildman–Crippen LogP) is 1.67. The maximum absolute atomic E-state index is 12.8. The van der Waals surface area contributed by atoms with Gasteiger partial charge >= 0.3 is 29.8 Å². The Labute approximate surface area is 215 Å². The largest absolute Gasteiger partial charge is 0.490 e. The van der Waals surface area contributed by atoms with Crippen LogP contribution in [0.1, 0.15) is 32.6 Å². The number of alkyl halides is 3. The molecule has 1 aliphatic carbocycles. The second-order valence-electron chi connectivity index (χ2n) is 8.34. The zero-order chi connectivity index (χ0) is 29.1. The van der Waals surface area contributed by atoms with E-state index in [1.165, 1.54) is 24.3 Å². The van der Waals surface area contributed by atoms with Crippen molar-refractivity contribution >= 4 is 29.6 Å². The van der Waals surface area contributed by atoms with Gasteiger partial charge in [0.2, 0.25) is 11.7 Å². The first-order valence-corrected chi connectivity index (χ1v) is 11.3. The lowest BCUT2D eigenvalue weighted by atomic mass is 9.81. The molecule has 0 bridgehead atoms. The van der Waals surface area contributed by atoms with E-state index >= 15 is 0 Å². The van der Waals surface area contributed by atoms with Crippen molar-refractivity contribution in [3.63, 3.8) is 0 Å². The summed E-state index contributed by atoms with van der Waals surface area (Å²) in [7, 11) is 1.86. The Morgan fingerprint density at radius 3 is 1.89 bits per heavy atom. The van der Waals surface area contributed by atoms with Crippen molar-refractivity contribution < 1.29 is 61.9 Å². The number of benzene rings is 1. The van der Waals surface area contributed by atoms with Crippen LogP contribution in [-0.2, 0) is 24.0 Å². The smallest absolute Gasteiger partial charge is 0.479 e. The average Bonchev–Trinajstić information content (AvgIpc) is 2.83. The summed E-state index contributed by atoms with van der Waals surface area (Å²) < 4.78 is 42.3. The standard InChI is InChI=1S/C21H28N2O8.C2HF3O2/c1-13(24)21(20(28)29,23-19(27)15-9-7-14(8-10-15)11-22-2)31-17-6-4-3-5-16(17)30-12-18(25)26;3-2(4,5)1(6)7/h3-6,14-15,22H,7-12H2,1-2H3,(H,23,27)(H,25,26)(H,28,29);(H,6,7). The Morgan fingerprint density at radius 1 is 0.947 bits per heavy atom. The number of aliphatic carboxylic acids is 3. The lowest BCUT2D eigenvalue weighted by Crippen LogP contribution is -2.64. The van der Waals surface area contributed by atoms with Crippen molar-refractivity contribution in [3.8, 4) is 11.5 Å². The minimum absolute atomic E-state index is 0.0707. The average molecular weight is 550 g/mol. The van der Waals surface area contributed by atoms with Crippen molar-refractivity contribution in [3.05, 3.63) is 24.3 Å². The molecule has 0 aromatic heterocycles. The minimum atomic E-state index is -5.08. The van der Waals surface area contributed by atoms with E-state index in [1.54, 1.807) is 0 Å². The van der Waals surface area contributed by atoms with Crippen molar-refractivity contribution in [1.29, 1.82) is 0 Å². The molecule has 1 aliphatic rings. The van der Waals surface area contributed by atoms with E-state index < -0.39 is 54.0 Å². The number of carboxylic acid groups (broad SMARTS) is 3. The highest BCUT2D eigenvalue weighted by atomic mass is 19.4. The first-order valence-electron chi connectivity index (χ1n) is 11.3. The lowest BCUT2D eigenvalue weighted by molar-refractivity contribution is -0.192. The SMILES string of the molecule is CNCC1CCC(C(=O)NC(Oc2ccccc2OCC(=O)O)(C(C)=O)C(=O)O)CC1.O=C(O)C(F)(F)F. The summed E-state index contributed by atoms with van der Waals surface area (Å²) in [6, 6.07) is 5.73. The van der Waals surface area contributed by atoms with Gasteiger partial charge in [0.05, 0.1) is 0 Å². The molecule has 12 nitrogen and oxygen atoms in total. The highest BCUT2D eigenvalue weighted by molar-refractivity contribution is 6.08. The van der Waals surface area contributed by atoms with Crippen LogP contribution in [0.3, 0.4) is 0 Å². The molecule has 0 spiro atoms. The van der Waals surface area contributed by atoms with Gasteiger partial charge in [-0.25, -0.2) is 14.4 Å². The number of nitrogens with one attached hydrogen (secondary N) is 2. The van der Waals surface area contributed by atoms with Gasteiger partial charge in [-0.05, 0) is 57.3 Å². The molecule has 38 heavy (non-hydrogen) atoms. The second kappa shape index (κ2) is 14.2. The highest BCUT2D eigenvalue weighted by Gasteiger charge is 2.50. The second-order valence-corrected chi connectivity index (χ2v) is 8.34. The van der Waals surface area contributed by atoms with Gasteiger partial charge in [-0.2, -0.15) is 13.2 Å². The topological polar surface area (TPSA) is 189 Å². The number of Topliss-reactive ketones (excluding diaryl/α,β-unsaturated/α-hetero) is 1. The fourth-order valence-electron chi connectivity index (χ4n) is 3.58. The molecule has 1 aromatic rings. The number of carbonyl (C=O) groups is 5. The molecular weight excluding hydrogens is 521 g/mol. The third-order valence-electron chi connectivity index (χ3n) is 5.51. The Hall–Kier alpha value is -3.88. The molecule has 2 rings (SSSR count). The van der Waals surface area contributed by atoms with Crippen molar-refractivity contribution in [2.75, 3.05) is 20.2 Å². The fraction of sp³-hybridized carbons (Fsp3) is 0.522. The van der Waals surface area contributed by atoms with Crippen LogP contribution in [0.4, 0.5) is 13.2 Å². The van der Waals surface area contributed by atoms with Gasteiger partial charge in [0.15, 0.2) is 18.1 Å². The maximum Gasteiger partial charge on any atom is 0.490 e. The van der Waals surface area contributed by atoms with Crippen molar-refractivity contribution in [2.24, 2.45) is 11.8 Å². The van der Waals surface area contributed by atoms with Gasteiger partial charge in [0.1, 0.15) is 0 Å². The third kappa shape index (κ3) is 9.53. The van der Waals surface area contributed by atoms with E-state index in [4.69, 9.17) is 24.5 Å². The number of carbonyl (C=O) groups excluding carboxylic acids is 2. The first-order chi connectivity index (χ1) is 17.6. The Morgan fingerprint density at radius 2 is 1.47 bits per heavy atom. The number of para-hydroxylation sites is 2. The summed E-state index contributed by atoms with van der Waals surface area (Å²) in [5.74, 6) is -7.45. The van der Waals surface area contributed by atoms with Crippen molar-refractivity contribution in [1.82, 2.24) is 10.6 Å². The summed E-state index contributed by atoms with van der Waals surface area (Å²) in [4.78, 5) is 57.0. The molecule has 15 heteroatoms. The van der Waals surface area contributed by atoms with Crippen LogP contribution in [0.5, 0.6) is 11.5 Å². The Kier molecular flexibility index (Phi) is 12.0. The number of halogens is 3. The van der Waals surface area contributed by atoms with Gasteiger partial charge in [-0.15, -0.1) is 0 Å². The van der Waals surface area contributed by atoms with Gasteiger partial charge in [0.25, 0.3) is 0 Å². The molecule has 1 saturated carbocycles. The molecule has 0 heterocycles. The molecular formula is C23H29F3N2O10. The third-order valence-corrected chi connectivity index (χ3v) is 5.51. The van der Waals surface area contributed by atoms with Crippen LogP contribution in [0.15, 0.2) is 24.3 Å². The zero-order valence-electron chi connectivity index (χ0n) is 20.5. The summed E-state index contributed by atoms with van der Waals surface area (Å²) >= 11 is 0. The molecule has 1 fully saturated rings. The van der Waals surface area contributed by atoms with Gasteiger partial charge in [-0.1, -0.05) is 12.1 Å². The minimum Gasteiger partial charge on any atom is -0.479 e. The molecule has 1 amide bonds. The van der Waals surface area contributed by atoms with Crippen molar-refractivity contribution in [2.45, 2.75) is 44.5 Å². The predicted molar refractivity (Wildman–Crippen MR) is 122 cm³/mol. The number of hydrogen-bond donors (Lipinski definition) is 5. The lowest BCUT2D eigenvalue weighted by Gasteiger charge is -2.33. The van der Waals surface area contributed by atoms with E-state index in [-0.39, 0.29) is 11.5 Å². The Bertz CT molecular complexity index is 993. The number of ketones is 1. The van der Waals surface area contributed by atoms with Gasteiger partial charge < -0.3 is 35.4 Å².